The Morgan fingerprint density at radius 3 is 2.59 bits per heavy atom. The Hall–Kier alpha value is -3.83. The Bertz CT molecular complexity index is 1330. The number of ether oxygens (including phenoxy) is 1. The van der Waals surface area contributed by atoms with Gasteiger partial charge in [-0.15, -0.1) is 0 Å². The van der Waals surface area contributed by atoms with Crippen molar-refractivity contribution in [3.05, 3.63) is 68.9 Å². The number of pyridine rings is 2. The number of hydrogen-bond donors (Lipinski definition) is 0. The molecule has 1 saturated heterocycles. The molecule has 34 heavy (non-hydrogen) atoms. The molecule has 2 aliphatic rings. The van der Waals surface area contributed by atoms with Gasteiger partial charge in [0.1, 0.15) is 11.0 Å². The predicted molar refractivity (Wildman–Crippen MR) is 123 cm³/mol. The number of likely N-dealkylation sites (N-methyl/N-ethyl adjacent to an activating group) is 1. The van der Waals surface area contributed by atoms with Crippen LogP contribution in [0.5, 0.6) is 0 Å². The number of carbonyl (C=O) groups excluding carboxylic acids is 2. The first-order valence-electron chi connectivity index (χ1n) is 10.5. The number of nitro groups is 1. The molecular weight excluding hydrogens is 464 g/mol. The standard InChI is InChI=1S/C22H19ClN6O5/c1-26-8-10-27(11-9-26)22(31)34-21-16-12-14(29(32)33)4-5-15(16)20(30)28(21)18-7-3-13-2-6-17(23)24-19(13)25-18/h2-7,12,21H,8-11H2,1H3. The highest BCUT2D eigenvalue weighted by atomic mass is 35.5. The van der Waals surface area contributed by atoms with Gasteiger partial charge in [-0.25, -0.2) is 14.8 Å². The zero-order valence-corrected chi connectivity index (χ0v) is 18.8. The molecule has 2 aromatic heterocycles. The molecule has 5 rings (SSSR count). The molecule has 2 aliphatic heterocycles. The molecule has 174 valence electrons. The molecule has 1 aromatic carbocycles. The highest BCUT2D eigenvalue weighted by molar-refractivity contribution is 6.29. The second kappa shape index (κ2) is 8.50. The second-order valence-electron chi connectivity index (χ2n) is 8.08. The Labute approximate surface area is 198 Å². The Morgan fingerprint density at radius 2 is 1.85 bits per heavy atom. The summed E-state index contributed by atoms with van der Waals surface area (Å²) in [6.07, 6.45) is -1.84. The van der Waals surface area contributed by atoms with Crippen LogP contribution in [0.25, 0.3) is 11.0 Å². The minimum absolute atomic E-state index is 0.183. The van der Waals surface area contributed by atoms with Crippen LogP contribution in [0.4, 0.5) is 16.3 Å². The minimum Gasteiger partial charge on any atom is -0.420 e. The summed E-state index contributed by atoms with van der Waals surface area (Å²) in [6, 6.07) is 10.6. The summed E-state index contributed by atoms with van der Waals surface area (Å²) in [7, 11) is 1.96. The molecule has 2 amide bonds. The van der Waals surface area contributed by atoms with Gasteiger partial charge in [0.25, 0.3) is 11.6 Å². The Balaban J connectivity index is 1.55. The van der Waals surface area contributed by atoms with Crippen LogP contribution in [0, 0.1) is 10.1 Å². The molecule has 4 heterocycles. The number of fused-ring (bicyclic) bond motifs is 2. The van der Waals surface area contributed by atoms with Gasteiger partial charge in [0, 0.05) is 54.8 Å². The van der Waals surface area contributed by atoms with Crippen LogP contribution in [-0.2, 0) is 4.74 Å². The maximum absolute atomic E-state index is 13.4. The summed E-state index contributed by atoms with van der Waals surface area (Å²) in [5.41, 5.74) is 0.517. The van der Waals surface area contributed by atoms with E-state index in [2.05, 4.69) is 14.9 Å². The number of rotatable bonds is 3. The third-order valence-corrected chi connectivity index (χ3v) is 6.13. The summed E-state index contributed by atoms with van der Waals surface area (Å²) >= 11 is 6.00. The van der Waals surface area contributed by atoms with Gasteiger partial charge in [0.05, 0.1) is 4.92 Å². The van der Waals surface area contributed by atoms with Crippen LogP contribution >= 0.6 is 11.6 Å². The fraction of sp³-hybridized carbons (Fsp3) is 0.273. The second-order valence-corrected chi connectivity index (χ2v) is 8.47. The smallest absolute Gasteiger partial charge is 0.412 e. The van der Waals surface area contributed by atoms with E-state index >= 15 is 0 Å². The van der Waals surface area contributed by atoms with Crippen molar-refractivity contribution >= 4 is 46.1 Å². The lowest BCUT2D eigenvalue weighted by molar-refractivity contribution is -0.385. The first-order chi connectivity index (χ1) is 16.3. The van der Waals surface area contributed by atoms with E-state index in [1.54, 1.807) is 29.2 Å². The summed E-state index contributed by atoms with van der Waals surface area (Å²) in [5.74, 6) is -0.308. The van der Waals surface area contributed by atoms with Gasteiger partial charge in [-0.2, -0.15) is 0 Å². The molecule has 1 fully saturated rings. The van der Waals surface area contributed by atoms with Crippen molar-refractivity contribution in [2.45, 2.75) is 6.23 Å². The summed E-state index contributed by atoms with van der Waals surface area (Å²) in [4.78, 5) is 50.6. The summed E-state index contributed by atoms with van der Waals surface area (Å²) in [6.45, 7) is 2.30. The maximum atomic E-state index is 13.4. The molecule has 0 aliphatic carbocycles. The van der Waals surface area contributed by atoms with Crippen molar-refractivity contribution < 1.29 is 19.2 Å². The maximum Gasteiger partial charge on any atom is 0.412 e. The Kier molecular flexibility index (Phi) is 5.50. The van der Waals surface area contributed by atoms with E-state index in [9.17, 15) is 19.7 Å². The third-order valence-electron chi connectivity index (χ3n) is 5.92. The molecule has 11 nitrogen and oxygen atoms in total. The number of piperazine rings is 1. The zero-order valence-electron chi connectivity index (χ0n) is 18.0. The average molecular weight is 483 g/mol. The molecule has 1 unspecified atom stereocenters. The number of carbonyl (C=O) groups is 2. The highest BCUT2D eigenvalue weighted by Crippen LogP contribution is 2.40. The number of halogens is 1. The van der Waals surface area contributed by atoms with Crippen LogP contribution in [0.2, 0.25) is 5.15 Å². The quantitative estimate of drug-likeness (QED) is 0.317. The van der Waals surface area contributed by atoms with Crippen LogP contribution in [0.1, 0.15) is 22.1 Å². The van der Waals surface area contributed by atoms with E-state index in [1.165, 1.54) is 23.1 Å². The molecule has 3 aromatic rings. The van der Waals surface area contributed by atoms with Gasteiger partial charge in [-0.05, 0) is 37.4 Å². The SMILES string of the molecule is CN1CCN(C(=O)OC2c3cc([N+](=O)[O-])ccc3C(=O)N2c2ccc3ccc(Cl)nc3n2)CC1. The van der Waals surface area contributed by atoms with E-state index in [1.807, 2.05) is 7.05 Å². The third kappa shape index (κ3) is 3.88. The van der Waals surface area contributed by atoms with Crippen molar-refractivity contribution in [3.8, 4) is 0 Å². The van der Waals surface area contributed by atoms with Crippen molar-refractivity contribution in [2.75, 3.05) is 38.1 Å². The van der Waals surface area contributed by atoms with Gasteiger partial charge in [-0.1, -0.05) is 11.6 Å². The topological polar surface area (TPSA) is 122 Å². The normalized spacial score (nSPS) is 18.3. The molecule has 12 heteroatoms. The van der Waals surface area contributed by atoms with Crippen LogP contribution in [0.3, 0.4) is 0 Å². The first kappa shape index (κ1) is 22.0. The molecule has 0 saturated carbocycles. The van der Waals surface area contributed by atoms with E-state index < -0.39 is 23.2 Å². The number of amides is 2. The monoisotopic (exact) mass is 482 g/mol. The number of anilines is 1. The molecule has 0 bridgehead atoms. The van der Waals surface area contributed by atoms with E-state index in [4.69, 9.17) is 16.3 Å². The largest absolute Gasteiger partial charge is 0.420 e. The average Bonchev–Trinajstić information content (AvgIpc) is 3.09. The van der Waals surface area contributed by atoms with Crippen LogP contribution in [-0.4, -0.2) is 69.9 Å². The van der Waals surface area contributed by atoms with Gasteiger partial charge in [0.2, 0.25) is 6.23 Å². The van der Waals surface area contributed by atoms with Gasteiger partial charge in [-0.3, -0.25) is 19.8 Å². The van der Waals surface area contributed by atoms with Crippen molar-refractivity contribution in [1.29, 1.82) is 0 Å². The fourth-order valence-electron chi connectivity index (χ4n) is 4.04. The van der Waals surface area contributed by atoms with Crippen molar-refractivity contribution in [1.82, 2.24) is 19.8 Å². The van der Waals surface area contributed by atoms with E-state index in [-0.39, 0.29) is 27.8 Å². The lowest BCUT2D eigenvalue weighted by Crippen LogP contribution is -2.48. The number of hydrogen-bond acceptors (Lipinski definition) is 8. The van der Waals surface area contributed by atoms with Gasteiger partial charge in [0.15, 0.2) is 5.65 Å². The minimum atomic E-state index is -1.22. The van der Waals surface area contributed by atoms with Crippen molar-refractivity contribution in [2.24, 2.45) is 0 Å². The number of nitro benzene ring substituents is 1. The molecular formula is C22H19ClN6O5. The lowest BCUT2D eigenvalue weighted by atomic mass is 10.1. The lowest BCUT2D eigenvalue weighted by Gasteiger charge is -2.33. The highest BCUT2D eigenvalue weighted by Gasteiger charge is 2.43. The van der Waals surface area contributed by atoms with Crippen molar-refractivity contribution in [3.63, 3.8) is 0 Å². The van der Waals surface area contributed by atoms with E-state index in [0.717, 1.165) is 0 Å². The summed E-state index contributed by atoms with van der Waals surface area (Å²) in [5, 5.41) is 12.3. The number of nitrogens with zero attached hydrogens (tertiary/aromatic N) is 6. The van der Waals surface area contributed by atoms with E-state index in [0.29, 0.717) is 37.2 Å². The molecule has 0 radical (unpaired) electrons. The number of non-ortho nitro benzene ring substituents is 1. The zero-order chi connectivity index (χ0) is 24.0. The van der Waals surface area contributed by atoms with Crippen LogP contribution in [0.15, 0.2) is 42.5 Å². The Morgan fingerprint density at radius 1 is 1.12 bits per heavy atom. The van der Waals surface area contributed by atoms with Gasteiger partial charge < -0.3 is 14.5 Å². The number of aromatic nitrogens is 2. The van der Waals surface area contributed by atoms with Gasteiger partial charge >= 0.3 is 6.09 Å². The molecule has 0 spiro atoms. The fourth-order valence-corrected chi connectivity index (χ4v) is 4.18. The first-order valence-corrected chi connectivity index (χ1v) is 10.9. The number of benzene rings is 1. The predicted octanol–water partition coefficient (Wildman–Crippen LogP) is 3.23. The molecule has 1 atom stereocenters. The van der Waals surface area contributed by atoms with Crippen LogP contribution < -0.4 is 4.90 Å². The summed E-state index contributed by atoms with van der Waals surface area (Å²) < 4.78 is 5.79. The molecule has 0 N–H and O–H groups in total.